The molecule has 1 heterocycles. The average molecular weight is 263 g/mol. The van der Waals surface area contributed by atoms with Gasteiger partial charge in [0.05, 0.1) is 13.2 Å². The van der Waals surface area contributed by atoms with Crippen LogP contribution in [0.1, 0.15) is 39.0 Å². The molecule has 0 aromatic heterocycles. The van der Waals surface area contributed by atoms with Gasteiger partial charge in [-0.3, -0.25) is 4.79 Å². The molecular formula is C12H19F2NO3. The maximum Gasteiger partial charge on any atom is 0.324 e. The van der Waals surface area contributed by atoms with E-state index >= 15 is 0 Å². The van der Waals surface area contributed by atoms with Gasteiger partial charge < -0.3 is 14.8 Å². The fourth-order valence-electron chi connectivity index (χ4n) is 2.44. The van der Waals surface area contributed by atoms with Crippen LogP contribution in [0.3, 0.4) is 0 Å². The molecule has 0 aromatic carbocycles. The molecule has 0 bridgehead atoms. The first kappa shape index (κ1) is 13.7. The molecule has 1 aliphatic heterocycles. The molecule has 2 aliphatic rings. The number of rotatable bonds is 3. The summed E-state index contributed by atoms with van der Waals surface area (Å²) in [5.41, 5.74) is 0. The zero-order chi connectivity index (χ0) is 13.2. The molecule has 1 amide bonds. The zero-order valence-electron chi connectivity index (χ0n) is 10.5. The summed E-state index contributed by atoms with van der Waals surface area (Å²) in [6, 6.07) is -0.201. The van der Waals surface area contributed by atoms with E-state index in [9.17, 15) is 13.6 Å². The van der Waals surface area contributed by atoms with Crippen molar-refractivity contribution in [2.24, 2.45) is 0 Å². The van der Waals surface area contributed by atoms with Gasteiger partial charge in [-0.2, -0.15) is 8.78 Å². The Hall–Kier alpha value is -0.750. The van der Waals surface area contributed by atoms with Gasteiger partial charge in [0.25, 0.3) is 5.91 Å². The van der Waals surface area contributed by atoms with E-state index in [0.29, 0.717) is 38.9 Å². The highest BCUT2D eigenvalue weighted by molar-refractivity contribution is 5.83. The number of hydrogen-bond acceptors (Lipinski definition) is 3. The number of alkyl halides is 2. The van der Waals surface area contributed by atoms with Gasteiger partial charge >= 0.3 is 5.92 Å². The Kier molecular flexibility index (Phi) is 3.87. The molecule has 0 atom stereocenters. The van der Waals surface area contributed by atoms with E-state index in [4.69, 9.17) is 9.47 Å². The summed E-state index contributed by atoms with van der Waals surface area (Å²) >= 11 is 0. The second-order valence-electron chi connectivity index (χ2n) is 4.91. The third-order valence-corrected chi connectivity index (χ3v) is 3.67. The lowest BCUT2D eigenvalue weighted by Gasteiger charge is -2.35. The minimum Gasteiger partial charge on any atom is -0.348 e. The van der Waals surface area contributed by atoms with Gasteiger partial charge in [-0.25, -0.2) is 0 Å². The fraction of sp³-hybridized carbons (Fsp3) is 0.917. The van der Waals surface area contributed by atoms with Crippen molar-refractivity contribution < 1.29 is 23.0 Å². The van der Waals surface area contributed by atoms with Crippen molar-refractivity contribution in [2.75, 3.05) is 13.2 Å². The van der Waals surface area contributed by atoms with Gasteiger partial charge in [-0.1, -0.05) is 6.92 Å². The molecule has 2 rings (SSSR count). The third kappa shape index (κ3) is 2.80. The number of hydrogen-bond donors (Lipinski definition) is 1. The average Bonchev–Trinajstić information content (AvgIpc) is 2.81. The Morgan fingerprint density at radius 1 is 1.33 bits per heavy atom. The quantitative estimate of drug-likeness (QED) is 0.845. The van der Waals surface area contributed by atoms with E-state index in [1.54, 1.807) is 0 Å². The number of amides is 1. The number of carbonyl (C=O) groups excluding carboxylic acids is 1. The molecule has 4 nitrogen and oxygen atoms in total. The summed E-state index contributed by atoms with van der Waals surface area (Å²) in [7, 11) is 0. The van der Waals surface area contributed by atoms with Crippen LogP contribution in [0.5, 0.6) is 0 Å². The van der Waals surface area contributed by atoms with Crippen LogP contribution >= 0.6 is 0 Å². The van der Waals surface area contributed by atoms with Gasteiger partial charge in [0.1, 0.15) is 0 Å². The van der Waals surface area contributed by atoms with E-state index in [0.717, 1.165) is 0 Å². The SMILES string of the molecule is CCC(F)(F)C(=O)NC1CCC2(CC1)OCCO2. The lowest BCUT2D eigenvalue weighted by molar-refractivity contribution is -0.181. The summed E-state index contributed by atoms with van der Waals surface area (Å²) in [5.74, 6) is -4.96. The van der Waals surface area contributed by atoms with Crippen molar-refractivity contribution >= 4 is 5.91 Å². The van der Waals surface area contributed by atoms with Crippen LogP contribution in [0.25, 0.3) is 0 Å². The number of carbonyl (C=O) groups is 1. The summed E-state index contributed by atoms with van der Waals surface area (Å²) in [6.45, 7) is 2.48. The first-order valence-electron chi connectivity index (χ1n) is 6.44. The van der Waals surface area contributed by atoms with Gasteiger partial charge in [0.15, 0.2) is 5.79 Å². The topological polar surface area (TPSA) is 47.6 Å². The maximum absolute atomic E-state index is 13.1. The molecular weight excluding hydrogens is 244 g/mol. The van der Waals surface area contributed by atoms with Gasteiger partial charge in [0, 0.05) is 25.3 Å². The predicted molar refractivity (Wildman–Crippen MR) is 60.3 cm³/mol. The van der Waals surface area contributed by atoms with Crippen LogP contribution in [-0.2, 0) is 14.3 Å². The highest BCUT2D eigenvalue weighted by Crippen LogP contribution is 2.35. The number of halogens is 2. The summed E-state index contributed by atoms with van der Waals surface area (Å²) in [4.78, 5) is 11.4. The first-order chi connectivity index (χ1) is 8.47. The highest BCUT2D eigenvalue weighted by atomic mass is 19.3. The Bertz CT molecular complexity index is 306. The first-order valence-corrected chi connectivity index (χ1v) is 6.44. The summed E-state index contributed by atoms with van der Waals surface area (Å²) in [6.07, 6.45) is 2.06. The van der Waals surface area contributed by atoms with E-state index in [1.807, 2.05) is 0 Å². The van der Waals surface area contributed by atoms with E-state index in [1.165, 1.54) is 6.92 Å². The number of ether oxygens (including phenoxy) is 2. The van der Waals surface area contributed by atoms with Gasteiger partial charge in [0.2, 0.25) is 0 Å². The Balaban J connectivity index is 1.82. The molecule has 0 unspecified atom stereocenters. The largest absolute Gasteiger partial charge is 0.348 e. The Morgan fingerprint density at radius 3 is 2.39 bits per heavy atom. The monoisotopic (exact) mass is 263 g/mol. The van der Waals surface area contributed by atoms with Crippen molar-refractivity contribution in [3.05, 3.63) is 0 Å². The summed E-state index contributed by atoms with van der Waals surface area (Å²) in [5, 5.41) is 2.42. The van der Waals surface area contributed by atoms with Crippen LogP contribution in [0.2, 0.25) is 0 Å². The van der Waals surface area contributed by atoms with Crippen LogP contribution in [-0.4, -0.2) is 36.9 Å². The van der Waals surface area contributed by atoms with Crippen LogP contribution in [0, 0.1) is 0 Å². The minimum atomic E-state index is -3.27. The molecule has 1 N–H and O–H groups in total. The highest BCUT2D eigenvalue weighted by Gasteiger charge is 2.43. The van der Waals surface area contributed by atoms with Crippen molar-refractivity contribution in [3.8, 4) is 0 Å². The minimum absolute atomic E-state index is 0.201. The van der Waals surface area contributed by atoms with Crippen molar-refractivity contribution in [2.45, 2.75) is 56.8 Å². The van der Waals surface area contributed by atoms with Gasteiger partial charge in [-0.05, 0) is 12.8 Å². The maximum atomic E-state index is 13.1. The van der Waals surface area contributed by atoms with Crippen LogP contribution < -0.4 is 5.32 Å². The lowest BCUT2D eigenvalue weighted by atomic mass is 9.90. The molecule has 104 valence electrons. The second kappa shape index (κ2) is 5.09. The molecule has 1 saturated heterocycles. The molecule has 18 heavy (non-hydrogen) atoms. The summed E-state index contributed by atoms with van der Waals surface area (Å²) < 4.78 is 37.3. The van der Waals surface area contributed by atoms with Crippen LogP contribution in [0.15, 0.2) is 0 Å². The Morgan fingerprint density at radius 2 is 1.89 bits per heavy atom. The normalized spacial score (nSPS) is 24.4. The standard InChI is InChI=1S/C12H19F2NO3/c1-2-12(13,14)10(16)15-9-3-5-11(6-4-9)17-7-8-18-11/h9H,2-8H2,1H3,(H,15,16). The van der Waals surface area contributed by atoms with E-state index < -0.39 is 24.0 Å². The predicted octanol–water partition coefficient (Wildman–Crippen LogP) is 1.83. The van der Waals surface area contributed by atoms with Crippen molar-refractivity contribution in [1.29, 1.82) is 0 Å². The fourth-order valence-corrected chi connectivity index (χ4v) is 2.44. The number of nitrogens with one attached hydrogen (secondary N) is 1. The Labute approximate surface area is 105 Å². The van der Waals surface area contributed by atoms with E-state index in [2.05, 4.69) is 5.32 Å². The van der Waals surface area contributed by atoms with E-state index in [-0.39, 0.29) is 6.04 Å². The zero-order valence-corrected chi connectivity index (χ0v) is 10.5. The molecule has 0 aromatic rings. The molecule has 1 aliphatic carbocycles. The van der Waals surface area contributed by atoms with Crippen molar-refractivity contribution in [3.63, 3.8) is 0 Å². The van der Waals surface area contributed by atoms with Crippen molar-refractivity contribution in [1.82, 2.24) is 5.32 Å². The molecule has 1 spiro atoms. The molecule has 0 radical (unpaired) electrons. The molecule has 2 fully saturated rings. The molecule has 6 heteroatoms. The lowest BCUT2D eigenvalue weighted by Crippen LogP contribution is -2.48. The molecule has 1 saturated carbocycles. The smallest absolute Gasteiger partial charge is 0.324 e. The van der Waals surface area contributed by atoms with Crippen LogP contribution in [0.4, 0.5) is 8.78 Å². The van der Waals surface area contributed by atoms with Gasteiger partial charge in [-0.15, -0.1) is 0 Å². The second-order valence-corrected chi connectivity index (χ2v) is 4.91. The third-order valence-electron chi connectivity index (χ3n) is 3.67.